The Bertz CT molecular complexity index is 355. The van der Waals surface area contributed by atoms with Crippen LogP contribution in [0, 0.1) is 0 Å². The van der Waals surface area contributed by atoms with Gasteiger partial charge in [0.25, 0.3) is 0 Å². The Kier molecular flexibility index (Phi) is 3.93. The van der Waals surface area contributed by atoms with E-state index in [-0.39, 0.29) is 11.8 Å². The van der Waals surface area contributed by atoms with E-state index in [9.17, 15) is 4.79 Å². The summed E-state index contributed by atoms with van der Waals surface area (Å²) in [5, 5.41) is 8.76. The average Bonchev–Trinajstić information content (AvgIpc) is 2.16. The second-order valence-electron chi connectivity index (χ2n) is 4.44. The molecule has 0 saturated carbocycles. The van der Waals surface area contributed by atoms with Crippen molar-refractivity contribution in [3.63, 3.8) is 0 Å². The molecule has 1 aromatic rings. The summed E-state index contributed by atoms with van der Waals surface area (Å²) >= 11 is 0. The predicted octanol–water partition coefficient (Wildman–Crippen LogP) is 3.99. The number of hydrogen-bond donors (Lipinski definition) is 1. The minimum atomic E-state index is -1.25. The fourth-order valence-corrected chi connectivity index (χ4v) is 1.69. The van der Waals surface area contributed by atoms with E-state index in [1.807, 2.05) is 45.9 Å². The molecule has 88 valence electrons. The molecule has 1 aromatic carbocycles. The molecule has 1 rings (SSSR count). The summed E-state index contributed by atoms with van der Waals surface area (Å²) < 4.78 is 4.92. The largest absolute Gasteiger partial charge is 0.511 e. The van der Waals surface area contributed by atoms with Crippen molar-refractivity contribution < 1.29 is 14.6 Å². The van der Waals surface area contributed by atoms with Gasteiger partial charge in [0.2, 0.25) is 0 Å². The first-order valence-corrected chi connectivity index (χ1v) is 5.47. The lowest BCUT2D eigenvalue weighted by Gasteiger charge is -2.17. The second kappa shape index (κ2) is 5.01. The van der Waals surface area contributed by atoms with E-state index >= 15 is 0 Å². The molecular weight excluding hydrogens is 204 g/mol. The summed E-state index contributed by atoms with van der Waals surface area (Å²) in [6.07, 6.45) is -1.25. The van der Waals surface area contributed by atoms with Crippen molar-refractivity contribution in [3.8, 4) is 5.75 Å². The highest BCUT2D eigenvalue weighted by Crippen LogP contribution is 2.34. The van der Waals surface area contributed by atoms with Gasteiger partial charge in [-0.3, -0.25) is 0 Å². The first kappa shape index (κ1) is 12.6. The molecule has 0 bridgehead atoms. The maximum atomic E-state index is 10.7. The smallest absolute Gasteiger partial charge is 0.449 e. The lowest BCUT2D eigenvalue weighted by atomic mass is 9.94. The molecule has 0 aliphatic rings. The second-order valence-corrected chi connectivity index (χ2v) is 4.44. The van der Waals surface area contributed by atoms with E-state index in [1.165, 1.54) is 0 Å². The fraction of sp³-hybridized carbons (Fsp3) is 0.462. The number of carboxylic acid groups (broad SMARTS) is 1. The van der Waals surface area contributed by atoms with Gasteiger partial charge in [0.15, 0.2) is 0 Å². The molecule has 0 amide bonds. The molecule has 1 N–H and O–H groups in total. The number of hydrogen-bond acceptors (Lipinski definition) is 2. The Labute approximate surface area is 96.1 Å². The highest BCUT2D eigenvalue weighted by atomic mass is 16.7. The molecule has 3 nitrogen and oxygen atoms in total. The predicted molar refractivity (Wildman–Crippen MR) is 63.3 cm³/mol. The number of rotatable bonds is 3. The maximum Gasteiger partial charge on any atom is 0.511 e. The van der Waals surface area contributed by atoms with Gasteiger partial charge in [-0.15, -0.1) is 0 Å². The third-order valence-electron chi connectivity index (χ3n) is 2.51. The minimum absolute atomic E-state index is 0.244. The van der Waals surface area contributed by atoms with Crippen molar-refractivity contribution in [3.05, 3.63) is 29.3 Å². The molecule has 0 unspecified atom stereocenters. The zero-order chi connectivity index (χ0) is 12.3. The van der Waals surface area contributed by atoms with E-state index in [0.29, 0.717) is 5.75 Å². The summed E-state index contributed by atoms with van der Waals surface area (Å²) in [7, 11) is 0. The van der Waals surface area contributed by atoms with E-state index < -0.39 is 6.16 Å². The van der Waals surface area contributed by atoms with E-state index in [4.69, 9.17) is 9.84 Å². The Morgan fingerprint density at radius 1 is 1.12 bits per heavy atom. The van der Waals surface area contributed by atoms with Crippen LogP contribution in [0.5, 0.6) is 5.75 Å². The van der Waals surface area contributed by atoms with Gasteiger partial charge in [-0.25, -0.2) is 4.79 Å². The molecule has 0 fully saturated rings. The fourth-order valence-electron chi connectivity index (χ4n) is 1.69. The van der Waals surface area contributed by atoms with Crippen LogP contribution >= 0.6 is 0 Å². The van der Waals surface area contributed by atoms with Gasteiger partial charge < -0.3 is 9.84 Å². The number of benzene rings is 1. The molecule has 16 heavy (non-hydrogen) atoms. The lowest BCUT2D eigenvalue weighted by molar-refractivity contribution is 0.143. The van der Waals surface area contributed by atoms with Crippen LogP contribution in [0.15, 0.2) is 18.2 Å². The molecule has 0 spiro atoms. The normalized spacial score (nSPS) is 10.9. The van der Waals surface area contributed by atoms with Gasteiger partial charge in [-0.2, -0.15) is 0 Å². The van der Waals surface area contributed by atoms with Gasteiger partial charge in [0.1, 0.15) is 5.75 Å². The van der Waals surface area contributed by atoms with E-state index in [1.54, 1.807) is 0 Å². The standard InChI is InChI=1S/C13H18O3/c1-8(2)10-6-5-7-11(9(3)4)12(10)16-13(14)15/h5-9H,1-4H3,(H,14,15). The minimum Gasteiger partial charge on any atom is -0.449 e. The third-order valence-corrected chi connectivity index (χ3v) is 2.51. The van der Waals surface area contributed by atoms with Gasteiger partial charge in [0.05, 0.1) is 0 Å². The van der Waals surface area contributed by atoms with Crippen molar-refractivity contribution in [2.45, 2.75) is 39.5 Å². The van der Waals surface area contributed by atoms with Crippen LogP contribution in [0.2, 0.25) is 0 Å². The van der Waals surface area contributed by atoms with Gasteiger partial charge in [0, 0.05) is 0 Å². The molecular formula is C13H18O3. The van der Waals surface area contributed by atoms with Crippen molar-refractivity contribution in [2.24, 2.45) is 0 Å². The van der Waals surface area contributed by atoms with Crippen LogP contribution in [0.1, 0.15) is 50.7 Å². The third kappa shape index (κ3) is 2.75. The Morgan fingerprint density at radius 2 is 1.56 bits per heavy atom. The summed E-state index contributed by atoms with van der Waals surface area (Å²) in [5.74, 6) is 0.987. The number of para-hydroxylation sites is 1. The zero-order valence-electron chi connectivity index (χ0n) is 10.2. The Balaban J connectivity index is 3.28. The van der Waals surface area contributed by atoms with Crippen LogP contribution in [0.4, 0.5) is 4.79 Å². The first-order chi connectivity index (χ1) is 7.43. The van der Waals surface area contributed by atoms with Crippen LogP contribution < -0.4 is 4.74 Å². The molecule has 0 atom stereocenters. The van der Waals surface area contributed by atoms with Crippen LogP contribution in [-0.4, -0.2) is 11.3 Å². The molecule has 0 saturated heterocycles. The zero-order valence-corrected chi connectivity index (χ0v) is 10.2. The monoisotopic (exact) mass is 222 g/mol. The van der Waals surface area contributed by atoms with Crippen molar-refractivity contribution >= 4 is 6.16 Å². The average molecular weight is 222 g/mol. The van der Waals surface area contributed by atoms with Crippen LogP contribution in [-0.2, 0) is 0 Å². The van der Waals surface area contributed by atoms with Crippen LogP contribution in [0.3, 0.4) is 0 Å². The topological polar surface area (TPSA) is 46.5 Å². The summed E-state index contributed by atoms with van der Waals surface area (Å²) in [5.41, 5.74) is 1.88. The molecule has 0 radical (unpaired) electrons. The Hall–Kier alpha value is -1.51. The number of carbonyl (C=O) groups is 1. The van der Waals surface area contributed by atoms with E-state index in [2.05, 4.69) is 0 Å². The molecule has 0 aliphatic heterocycles. The summed E-state index contributed by atoms with van der Waals surface area (Å²) in [6, 6.07) is 5.77. The van der Waals surface area contributed by atoms with Gasteiger partial charge in [-0.1, -0.05) is 45.9 Å². The maximum absolute atomic E-state index is 10.7. The van der Waals surface area contributed by atoms with Gasteiger partial charge >= 0.3 is 6.16 Å². The summed E-state index contributed by atoms with van der Waals surface area (Å²) in [6.45, 7) is 8.09. The van der Waals surface area contributed by atoms with Crippen molar-refractivity contribution in [1.82, 2.24) is 0 Å². The number of ether oxygens (including phenoxy) is 1. The SMILES string of the molecule is CC(C)c1cccc(C(C)C)c1OC(=O)O. The Morgan fingerprint density at radius 3 is 1.88 bits per heavy atom. The van der Waals surface area contributed by atoms with Crippen molar-refractivity contribution in [2.75, 3.05) is 0 Å². The van der Waals surface area contributed by atoms with E-state index in [0.717, 1.165) is 11.1 Å². The lowest BCUT2D eigenvalue weighted by Crippen LogP contribution is -2.09. The van der Waals surface area contributed by atoms with Crippen LogP contribution in [0.25, 0.3) is 0 Å². The molecule has 0 heterocycles. The quantitative estimate of drug-likeness (QED) is 0.621. The summed E-state index contributed by atoms with van der Waals surface area (Å²) in [4.78, 5) is 10.7. The first-order valence-electron chi connectivity index (χ1n) is 5.47. The van der Waals surface area contributed by atoms with Gasteiger partial charge in [-0.05, 0) is 23.0 Å². The molecule has 0 aliphatic carbocycles. The van der Waals surface area contributed by atoms with Crippen molar-refractivity contribution in [1.29, 1.82) is 0 Å². The highest BCUT2D eigenvalue weighted by Gasteiger charge is 2.17. The molecule has 0 aromatic heterocycles. The highest BCUT2D eigenvalue weighted by molar-refractivity contribution is 5.63. The molecule has 3 heteroatoms.